The number of thiazole rings is 1. The number of hydrogen-bond donors (Lipinski definition) is 1. The van der Waals surface area contributed by atoms with Crippen molar-refractivity contribution in [3.05, 3.63) is 27.8 Å². The molecule has 1 aromatic carbocycles. The maximum Gasteiger partial charge on any atom is 0.319 e. The summed E-state index contributed by atoms with van der Waals surface area (Å²) in [7, 11) is 0. The molecule has 0 aliphatic rings. The molecule has 1 N–H and O–H groups in total. The van der Waals surface area contributed by atoms with Crippen molar-refractivity contribution in [1.29, 1.82) is 0 Å². The van der Waals surface area contributed by atoms with Crippen LogP contribution in [0.2, 0.25) is 0 Å². The Labute approximate surface area is 118 Å². The van der Waals surface area contributed by atoms with Crippen LogP contribution >= 0.6 is 23.1 Å². The maximum absolute atomic E-state index is 11.2. The molecule has 7 heteroatoms. The van der Waals surface area contributed by atoms with Crippen LogP contribution in [0.25, 0.3) is 10.2 Å². The van der Waals surface area contributed by atoms with Gasteiger partial charge in [-0.25, -0.2) is 4.98 Å². The monoisotopic (exact) mass is 293 g/mol. The molecule has 1 aromatic heterocycles. The van der Waals surface area contributed by atoms with Crippen molar-refractivity contribution in [3.8, 4) is 12.3 Å². The van der Waals surface area contributed by atoms with Gasteiger partial charge in [0.1, 0.15) is 5.69 Å². The SMILES string of the molecule is C#CCSCCNc1ccc2scnc2c1[N+](=O)[O-]. The van der Waals surface area contributed by atoms with E-state index in [-0.39, 0.29) is 10.6 Å². The van der Waals surface area contributed by atoms with Gasteiger partial charge in [-0.1, -0.05) is 5.92 Å². The highest BCUT2D eigenvalue weighted by molar-refractivity contribution is 7.99. The van der Waals surface area contributed by atoms with Crippen molar-refractivity contribution < 1.29 is 4.92 Å². The molecular weight excluding hydrogens is 282 g/mol. The number of nitro benzene ring substituents is 1. The number of nitrogens with one attached hydrogen (secondary N) is 1. The molecule has 0 atom stereocenters. The molecule has 0 bridgehead atoms. The van der Waals surface area contributed by atoms with Crippen molar-refractivity contribution in [2.24, 2.45) is 0 Å². The third-order valence-electron chi connectivity index (χ3n) is 2.41. The van der Waals surface area contributed by atoms with Gasteiger partial charge in [-0.2, -0.15) is 0 Å². The van der Waals surface area contributed by atoms with Crippen LogP contribution < -0.4 is 5.32 Å². The Kier molecular flexibility index (Phi) is 4.60. The lowest BCUT2D eigenvalue weighted by Gasteiger charge is -2.06. The fourth-order valence-corrected chi connectivity index (χ4v) is 2.82. The molecule has 0 radical (unpaired) electrons. The van der Waals surface area contributed by atoms with Crippen LogP contribution in [0, 0.1) is 22.5 Å². The third kappa shape index (κ3) is 3.16. The number of nitro groups is 1. The number of hydrogen-bond acceptors (Lipinski definition) is 6. The normalized spacial score (nSPS) is 10.3. The first kappa shape index (κ1) is 13.6. The van der Waals surface area contributed by atoms with E-state index in [4.69, 9.17) is 6.42 Å². The summed E-state index contributed by atoms with van der Waals surface area (Å²) in [5, 5.41) is 14.2. The van der Waals surface area contributed by atoms with Crippen LogP contribution in [-0.4, -0.2) is 28.0 Å². The van der Waals surface area contributed by atoms with Crippen molar-refractivity contribution in [1.82, 2.24) is 4.98 Å². The minimum atomic E-state index is -0.390. The largest absolute Gasteiger partial charge is 0.379 e. The smallest absolute Gasteiger partial charge is 0.319 e. The highest BCUT2D eigenvalue weighted by atomic mass is 32.2. The number of thioether (sulfide) groups is 1. The fraction of sp³-hybridized carbons (Fsp3) is 0.250. The van der Waals surface area contributed by atoms with E-state index in [0.29, 0.717) is 23.5 Å². The van der Waals surface area contributed by atoms with Gasteiger partial charge in [0.25, 0.3) is 0 Å². The lowest BCUT2D eigenvalue weighted by atomic mass is 10.2. The topological polar surface area (TPSA) is 68.1 Å². The van der Waals surface area contributed by atoms with Gasteiger partial charge in [0.2, 0.25) is 0 Å². The number of nitrogens with zero attached hydrogens (tertiary/aromatic N) is 2. The first-order chi connectivity index (χ1) is 9.24. The van der Waals surface area contributed by atoms with E-state index in [9.17, 15) is 10.1 Å². The number of aromatic nitrogens is 1. The van der Waals surface area contributed by atoms with Crippen molar-refractivity contribution >= 4 is 44.7 Å². The van der Waals surface area contributed by atoms with E-state index in [1.807, 2.05) is 6.07 Å². The standard InChI is InChI=1S/C12H11N3O2S2/c1-2-6-18-7-5-13-9-3-4-10-11(14-8-19-10)12(9)15(16)17/h1,3-4,8,13H,5-7H2. The van der Waals surface area contributed by atoms with Crippen LogP contribution in [0.15, 0.2) is 17.6 Å². The quantitative estimate of drug-likeness (QED) is 0.384. The van der Waals surface area contributed by atoms with Gasteiger partial charge in [-0.05, 0) is 12.1 Å². The average Bonchev–Trinajstić information content (AvgIpc) is 2.85. The molecule has 0 saturated carbocycles. The Balaban J connectivity index is 2.16. The second-order valence-corrected chi connectivity index (χ2v) is 5.59. The van der Waals surface area contributed by atoms with Crippen molar-refractivity contribution in [3.63, 3.8) is 0 Å². The van der Waals surface area contributed by atoms with E-state index in [1.165, 1.54) is 11.3 Å². The van der Waals surface area contributed by atoms with Crippen molar-refractivity contribution in [2.75, 3.05) is 23.4 Å². The van der Waals surface area contributed by atoms with Gasteiger partial charge in [0.05, 0.1) is 20.9 Å². The predicted octanol–water partition coefficient (Wildman–Crippen LogP) is 2.98. The first-order valence-corrected chi connectivity index (χ1v) is 7.53. The number of fused-ring (bicyclic) bond motifs is 1. The zero-order valence-corrected chi connectivity index (χ0v) is 11.6. The zero-order chi connectivity index (χ0) is 13.7. The Bertz CT molecular complexity index is 633. The van der Waals surface area contributed by atoms with Crippen LogP contribution in [0.5, 0.6) is 0 Å². The van der Waals surface area contributed by atoms with E-state index >= 15 is 0 Å². The fourth-order valence-electron chi connectivity index (χ4n) is 1.63. The van der Waals surface area contributed by atoms with E-state index in [1.54, 1.807) is 23.3 Å². The molecule has 0 aliphatic heterocycles. The highest BCUT2D eigenvalue weighted by Crippen LogP contribution is 2.34. The highest BCUT2D eigenvalue weighted by Gasteiger charge is 2.20. The Morgan fingerprint density at radius 1 is 1.58 bits per heavy atom. The average molecular weight is 293 g/mol. The first-order valence-electron chi connectivity index (χ1n) is 5.49. The summed E-state index contributed by atoms with van der Waals surface area (Å²) in [5.41, 5.74) is 2.60. The lowest BCUT2D eigenvalue weighted by Crippen LogP contribution is -2.06. The molecule has 2 aromatic rings. The molecule has 0 spiro atoms. The Morgan fingerprint density at radius 3 is 3.16 bits per heavy atom. The van der Waals surface area contributed by atoms with Crippen LogP contribution in [-0.2, 0) is 0 Å². The third-order valence-corrected chi connectivity index (χ3v) is 4.06. The molecule has 0 saturated heterocycles. The summed E-state index contributed by atoms with van der Waals surface area (Å²) in [4.78, 5) is 14.8. The summed E-state index contributed by atoms with van der Waals surface area (Å²) in [6.45, 7) is 0.628. The minimum absolute atomic E-state index is 0.0423. The van der Waals surface area contributed by atoms with Crippen LogP contribution in [0.3, 0.4) is 0 Å². The molecule has 98 valence electrons. The molecule has 0 fully saturated rings. The number of rotatable bonds is 6. The zero-order valence-electron chi connectivity index (χ0n) is 9.96. The van der Waals surface area contributed by atoms with Crippen LogP contribution in [0.4, 0.5) is 11.4 Å². The Hall–Kier alpha value is -1.78. The van der Waals surface area contributed by atoms with Crippen molar-refractivity contribution in [2.45, 2.75) is 0 Å². The van der Waals surface area contributed by atoms with Gasteiger partial charge in [0, 0.05) is 12.3 Å². The van der Waals surface area contributed by atoms with Crippen LogP contribution in [0.1, 0.15) is 0 Å². The number of benzene rings is 1. The van der Waals surface area contributed by atoms with Gasteiger partial charge < -0.3 is 5.32 Å². The van der Waals surface area contributed by atoms with E-state index in [2.05, 4.69) is 16.2 Å². The summed E-state index contributed by atoms with van der Waals surface area (Å²) in [6.07, 6.45) is 5.15. The summed E-state index contributed by atoms with van der Waals surface area (Å²) in [6, 6.07) is 3.57. The molecule has 0 unspecified atom stereocenters. The Morgan fingerprint density at radius 2 is 2.42 bits per heavy atom. The predicted molar refractivity (Wildman–Crippen MR) is 80.9 cm³/mol. The van der Waals surface area contributed by atoms with Gasteiger partial charge in [-0.15, -0.1) is 29.5 Å². The molecule has 2 rings (SSSR count). The number of terminal acetylenes is 1. The maximum atomic E-state index is 11.2. The molecule has 1 heterocycles. The molecule has 0 amide bonds. The number of anilines is 1. The second kappa shape index (κ2) is 6.41. The van der Waals surface area contributed by atoms with E-state index < -0.39 is 0 Å². The summed E-state index contributed by atoms with van der Waals surface area (Å²) in [5.74, 6) is 3.98. The summed E-state index contributed by atoms with van der Waals surface area (Å²) >= 11 is 3.00. The second-order valence-electron chi connectivity index (χ2n) is 3.60. The molecule has 19 heavy (non-hydrogen) atoms. The van der Waals surface area contributed by atoms with Gasteiger partial charge in [-0.3, -0.25) is 10.1 Å². The lowest BCUT2D eigenvalue weighted by molar-refractivity contribution is -0.382. The molecule has 5 nitrogen and oxygen atoms in total. The molecular formula is C12H11N3O2S2. The van der Waals surface area contributed by atoms with Gasteiger partial charge >= 0.3 is 5.69 Å². The minimum Gasteiger partial charge on any atom is -0.379 e. The van der Waals surface area contributed by atoms with E-state index in [0.717, 1.165) is 10.5 Å². The molecule has 0 aliphatic carbocycles. The van der Waals surface area contributed by atoms with Gasteiger partial charge in [0.15, 0.2) is 5.52 Å². The summed E-state index contributed by atoms with van der Waals surface area (Å²) < 4.78 is 0.818.